The van der Waals surface area contributed by atoms with Crippen molar-refractivity contribution in [3.63, 3.8) is 0 Å². The number of tetrazole rings is 1. The topological polar surface area (TPSA) is 94.4 Å². The third kappa shape index (κ3) is 5.85. The highest BCUT2D eigenvalue weighted by molar-refractivity contribution is 5.76. The molecule has 1 aliphatic rings. The summed E-state index contributed by atoms with van der Waals surface area (Å²) in [6.07, 6.45) is 1.01. The predicted octanol–water partition coefficient (Wildman–Crippen LogP) is -0.776. The highest BCUT2D eigenvalue weighted by atomic mass is 16.5. The molecule has 1 amide bonds. The second-order valence-electron chi connectivity index (χ2n) is 5.95. The van der Waals surface area contributed by atoms with Gasteiger partial charge in [0.05, 0.1) is 25.8 Å². The maximum absolute atomic E-state index is 12.1. The summed E-state index contributed by atoms with van der Waals surface area (Å²) in [4.78, 5) is 14.2. The maximum atomic E-state index is 12.1. The second kappa shape index (κ2) is 8.90. The zero-order valence-electron chi connectivity index (χ0n) is 14.1. The highest BCUT2D eigenvalue weighted by Gasteiger charge is 2.27. The summed E-state index contributed by atoms with van der Waals surface area (Å²) in [7, 11) is 4.00. The van der Waals surface area contributed by atoms with Gasteiger partial charge in [-0.1, -0.05) is 0 Å². The van der Waals surface area contributed by atoms with Crippen LogP contribution >= 0.6 is 0 Å². The van der Waals surface area contributed by atoms with Gasteiger partial charge in [-0.05, 0) is 37.9 Å². The summed E-state index contributed by atoms with van der Waals surface area (Å²) < 4.78 is 12.9. The molecule has 2 heterocycles. The Hall–Kier alpha value is -1.58. The van der Waals surface area contributed by atoms with Gasteiger partial charge in [-0.25, -0.2) is 4.68 Å². The number of ether oxygens (including phenoxy) is 2. The van der Waals surface area contributed by atoms with Gasteiger partial charge >= 0.3 is 0 Å². The molecule has 0 aliphatic carbocycles. The van der Waals surface area contributed by atoms with E-state index in [9.17, 15) is 4.79 Å². The molecule has 130 valence electrons. The normalized spacial score (nSPS) is 21.6. The van der Waals surface area contributed by atoms with Gasteiger partial charge < -0.3 is 19.7 Å². The van der Waals surface area contributed by atoms with Gasteiger partial charge in [0.1, 0.15) is 11.9 Å². The molecule has 0 aromatic carbocycles. The van der Waals surface area contributed by atoms with Crippen LogP contribution in [0, 0.1) is 6.92 Å². The van der Waals surface area contributed by atoms with E-state index in [-0.39, 0.29) is 18.1 Å². The number of aryl methyl sites for hydroxylation is 2. The van der Waals surface area contributed by atoms with E-state index in [4.69, 9.17) is 9.47 Å². The SMILES string of the molecule is Cc1nnnn1CCC(=O)N[C@@H]1CCOC[C@H]1OCCN(C)C. The van der Waals surface area contributed by atoms with Crippen molar-refractivity contribution in [2.45, 2.75) is 38.5 Å². The van der Waals surface area contributed by atoms with E-state index < -0.39 is 0 Å². The van der Waals surface area contributed by atoms with Gasteiger partial charge in [0.25, 0.3) is 0 Å². The third-order valence-corrected chi connectivity index (χ3v) is 3.78. The van der Waals surface area contributed by atoms with Gasteiger partial charge in [-0.2, -0.15) is 0 Å². The molecule has 1 aromatic heterocycles. The summed E-state index contributed by atoms with van der Waals surface area (Å²) in [5, 5.41) is 14.2. The fraction of sp³-hybridized carbons (Fsp3) is 0.857. The fourth-order valence-corrected chi connectivity index (χ4v) is 2.37. The molecule has 0 bridgehead atoms. The molecule has 0 unspecified atom stereocenters. The number of nitrogens with zero attached hydrogens (tertiary/aromatic N) is 5. The second-order valence-corrected chi connectivity index (χ2v) is 5.95. The number of carbonyl (C=O) groups is 1. The number of hydrogen-bond donors (Lipinski definition) is 1. The number of amides is 1. The van der Waals surface area contributed by atoms with E-state index in [1.807, 2.05) is 21.0 Å². The van der Waals surface area contributed by atoms with Gasteiger partial charge in [0, 0.05) is 19.6 Å². The Morgan fingerprint density at radius 2 is 2.35 bits per heavy atom. The quantitative estimate of drug-likeness (QED) is 0.670. The van der Waals surface area contributed by atoms with Crippen LogP contribution in [0.4, 0.5) is 0 Å². The van der Waals surface area contributed by atoms with Crippen LogP contribution < -0.4 is 5.32 Å². The van der Waals surface area contributed by atoms with Gasteiger partial charge in [0.2, 0.25) is 5.91 Å². The molecule has 1 fully saturated rings. The largest absolute Gasteiger partial charge is 0.379 e. The van der Waals surface area contributed by atoms with E-state index in [0.29, 0.717) is 38.6 Å². The average molecular weight is 326 g/mol. The van der Waals surface area contributed by atoms with E-state index >= 15 is 0 Å². The molecule has 0 spiro atoms. The Morgan fingerprint density at radius 3 is 3.04 bits per heavy atom. The van der Waals surface area contributed by atoms with E-state index in [1.165, 1.54) is 0 Å². The molecule has 1 aromatic rings. The average Bonchev–Trinajstić information content (AvgIpc) is 2.92. The van der Waals surface area contributed by atoms with Crippen molar-refractivity contribution in [1.29, 1.82) is 0 Å². The molecule has 1 saturated heterocycles. The predicted molar refractivity (Wildman–Crippen MR) is 82.8 cm³/mol. The first-order chi connectivity index (χ1) is 11.1. The molecule has 1 N–H and O–H groups in total. The molecule has 9 nitrogen and oxygen atoms in total. The summed E-state index contributed by atoms with van der Waals surface area (Å²) in [6.45, 7) is 4.91. The molecule has 1 aliphatic heterocycles. The molecular formula is C14H26N6O3. The van der Waals surface area contributed by atoms with E-state index in [1.54, 1.807) is 4.68 Å². The molecule has 0 radical (unpaired) electrons. The first kappa shape index (κ1) is 17.8. The number of carbonyl (C=O) groups excluding carboxylic acids is 1. The van der Waals surface area contributed by atoms with Crippen molar-refractivity contribution in [3.05, 3.63) is 5.82 Å². The summed E-state index contributed by atoms with van der Waals surface area (Å²) in [6, 6.07) is -0.00613. The summed E-state index contributed by atoms with van der Waals surface area (Å²) >= 11 is 0. The Balaban J connectivity index is 1.76. The van der Waals surface area contributed by atoms with Crippen LogP contribution in [0.5, 0.6) is 0 Å². The zero-order chi connectivity index (χ0) is 16.7. The van der Waals surface area contributed by atoms with Crippen molar-refractivity contribution >= 4 is 5.91 Å². The monoisotopic (exact) mass is 326 g/mol. The minimum Gasteiger partial charge on any atom is -0.379 e. The number of aromatic nitrogens is 4. The zero-order valence-corrected chi connectivity index (χ0v) is 14.1. The molecule has 23 heavy (non-hydrogen) atoms. The van der Waals surface area contributed by atoms with Gasteiger partial charge in [-0.15, -0.1) is 5.10 Å². The first-order valence-electron chi connectivity index (χ1n) is 7.92. The number of nitrogens with one attached hydrogen (secondary N) is 1. The first-order valence-corrected chi connectivity index (χ1v) is 7.92. The molecule has 9 heteroatoms. The number of likely N-dealkylation sites (N-methyl/N-ethyl adjacent to an activating group) is 1. The molecule has 0 saturated carbocycles. The lowest BCUT2D eigenvalue weighted by atomic mass is 10.1. The lowest BCUT2D eigenvalue weighted by Gasteiger charge is -2.32. The van der Waals surface area contributed by atoms with Crippen molar-refractivity contribution in [3.8, 4) is 0 Å². The standard InChI is InChI=1S/C14H26N6O3/c1-11-16-17-18-20(11)6-4-14(21)15-12-5-8-22-10-13(12)23-9-7-19(2)3/h12-13H,4-10H2,1-3H3,(H,15,21)/t12-,13-/m1/s1. The number of hydrogen-bond acceptors (Lipinski definition) is 7. The summed E-state index contributed by atoms with van der Waals surface area (Å²) in [5.41, 5.74) is 0. The third-order valence-electron chi connectivity index (χ3n) is 3.78. The maximum Gasteiger partial charge on any atom is 0.222 e. The number of rotatable bonds is 8. The van der Waals surface area contributed by atoms with Gasteiger partial charge in [0.15, 0.2) is 0 Å². The minimum atomic E-state index is -0.0950. The van der Waals surface area contributed by atoms with E-state index in [0.717, 1.165) is 13.0 Å². The molecule has 2 rings (SSSR count). The van der Waals surface area contributed by atoms with Crippen LogP contribution in [-0.2, 0) is 20.8 Å². The van der Waals surface area contributed by atoms with Crippen LogP contribution in [-0.4, -0.2) is 83.6 Å². The van der Waals surface area contributed by atoms with Crippen LogP contribution in [0.2, 0.25) is 0 Å². The van der Waals surface area contributed by atoms with Crippen molar-refractivity contribution in [1.82, 2.24) is 30.4 Å². The Morgan fingerprint density at radius 1 is 1.52 bits per heavy atom. The lowest BCUT2D eigenvalue weighted by molar-refractivity contribution is -0.126. The highest BCUT2D eigenvalue weighted by Crippen LogP contribution is 2.12. The molecular weight excluding hydrogens is 300 g/mol. The lowest BCUT2D eigenvalue weighted by Crippen LogP contribution is -2.50. The Bertz CT molecular complexity index is 493. The van der Waals surface area contributed by atoms with Crippen LogP contribution in [0.25, 0.3) is 0 Å². The van der Waals surface area contributed by atoms with Crippen LogP contribution in [0.15, 0.2) is 0 Å². The summed E-state index contributed by atoms with van der Waals surface area (Å²) in [5.74, 6) is 0.682. The fourth-order valence-electron chi connectivity index (χ4n) is 2.37. The molecule has 2 atom stereocenters. The Labute approximate surface area is 136 Å². The van der Waals surface area contributed by atoms with Crippen molar-refractivity contribution in [2.75, 3.05) is 40.5 Å². The van der Waals surface area contributed by atoms with E-state index in [2.05, 4.69) is 25.7 Å². The minimum absolute atomic E-state index is 0.00613. The Kier molecular flexibility index (Phi) is 6.87. The van der Waals surface area contributed by atoms with Crippen molar-refractivity contribution < 1.29 is 14.3 Å². The van der Waals surface area contributed by atoms with Crippen LogP contribution in [0.3, 0.4) is 0 Å². The van der Waals surface area contributed by atoms with Crippen LogP contribution in [0.1, 0.15) is 18.7 Å². The van der Waals surface area contributed by atoms with Crippen molar-refractivity contribution in [2.24, 2.45) is 0 Å². The smallest absolute Gasteiger partial charge is 0.222 e. The van der Waals surface area contributed by atoms with Gasteiger partial charge in [-0.3, -0.25) is 4.79 Å².